The van der Waals surface area contributed by atoms with Crippen LogP contribution in [0, 0.1) is 0 Å². The van der Waals surface area contributed by atoms with Crippen LogP contribution in [0.3, 0.4) is 0 Å². The van der Waals surface area contributed by atoms with Crippen LogP contribution >= 0.6 is 0 Å². The van der Waals surface area contributed by atoms with Gasteiger partial charge >= 0.3 is 0 Å². The second-order valence-corrected chi connectivity index (χ2v) is 13.3. The molecular weight excluding hydrogens is 675 g/mol. The number of phenolic OH excluding ortho intramolecular Hbond substituents is 1. The molecule has 8 aromatic carbocycles. The van der Waals surface area contributed by atoms with Gasteiger partial charge in [0.2, 0.25) is 0 Å². The Balaban J connectivity index is 1.12. The van der Waals surface area contributed by atoms with Crippen molar-refractivity contribution in [3.8, 4) is 5.75 Å². The number of carbonyl (C=O) groups is 4. The number of rotatable bonds is 5. The van der Waals surface area contributed by atoms with E-state index in [4.69, 9.17) is 0 Å². The van der Waals surface area contributed by atoms with Crippen LogP contribution < -0.4 is 14.7 Å². The molecule has 1 N–H and O–H groups in total. The molecule has 54 heavy (non-hydrogen) atoms. The fourth-order valence-corrected chi connectivity index (χ4v) is 7.96. The molecule has 8 aromatic rings. The summed E-state index contributed by atoms with van der Waals surface area (Å²) in [4.78, 5) is 61.0. The van der Waals surface area contributed by atoms with Gasteiger partial charge in [0.1, 0.15) is 5.75 Å². The SMILES string of the molecule is O=C1c2ccc3c4c(ccc(c24)C(=O)N1c1cccc(O)c1)C(=O)N(c1cccc(N(c2ccccc2)c2c4ccccc4cc4ccccc24)c1)C3=O. The van der Waals surface area contributed by atoms with Crippen LogP contribution in [0.4, 0.5) is 28.4 Å². The quantitative estimate of drug-likeness (QED) is 0.142. The van der Waals surface area contributed by atoms with Gasteiger partial charge in [0.15, 0.2) is 0 Å². The molecular formula is C46H27N3O5. The summed E-state index contributed by atoms with van der Waals surface area (Å²) < 4.78 is 0. The van der Waals surface area contributed by atoms with Gasteiger partial charge < -0.3 is 10.0 Å². The van der Waals surface area contributed by atoms with Crippen molar-refractivity contribution in [3.63, 3.8) is 0 Å². The Labute approximate surface area is 308 Å². The van der Waals surface area contributed by atoms with Gasteiger partial charge in [0, 0.05) is 61.2 Å². The molecule has 8 nitrogen and oxygen atoms in total. The average Bonchev–Trinajstić information content (AvgIpc) is 3.20. The second kappa shape index (κ2) is 11.7. The monoisotopic (exact) mass is 701 g/mol. The van der Waals surface area contributed by atoms with Crippen molar-refractivity contribution in [1.29, 1.82) is 0 Å². The first-order chi connectivity index (χ1) is 26.4. The Hall–Kier alpha value is -7.58. The van der Waals surface area contributed by atoms with Crippen LogP contribution in [-0.4, -0.2) is 28.7 Å². The number of benzene rings is 8. The van der Waals surface area contributed by atoms with E-state index < -0.39 is 23.6 Å². The van der Waals surface area contributed by atoms with Gasteiger partial charge in [-0.3, -0.25) is 19.2 Å². The summed E-state index contributed by atoms with van der Waals surface area (Å²) in [5.41, 5.74) is 3.96. The minimum Gasteiger partial charge on any atom is -0.508 e. The predicted molar refractivity (Wildman–Crippen MR) is 210 cm³/mol. The van der Waals surface area contributed by atoms with Crippen LogP contribution in [0.1, 0.15) is 41.4 Å². The minimum atomic E-state index is -0.612. The summed E-state index contributed by atoms with van der Waals surface area (Å²) in [5.74, 6) is -2.45. The molecule has 0 saturated carbocycles. The Morgan fingerprint density at radius 3 is 1.37 bits per heavy atom. The lowest BCUT2D eigenvalue weighted by Crippen LogP contribution is -2.43. The first kappa shape index (κ1) is 31.2. The first-order valence-electron chi connectivity index (χ1n) is 17.4. The van der Waals surface area contributed by atoms with Crippen molar-refractivity contribution in [2.75, 3.05) is 14.7 Å². The largest absolute Gasteiger partial charge is 0.508 e. The summed E-state index contributed by atoms with van der Waals surface area (Å²) in [6, 6.07) is 48.0. The zero-order chi connectivity index (χ0) is 36.7. The number of anilines is 5. The van der Waals surface area contributed by atoms with E-state index in [1.165, 1.54) is 29.2 Å². The zero-order valence-corrected chi connectivity index (χ0v) is 28.4. The van der Waals surface area contributed by atoms with Gasteiger partial charge in [-0.05, 0) is 83.6 Å². The molecule has 8 heteroatoms. The summed E-state index contributed by atoms with van der Waals surface area (Å²) >= 11 is 0. The number of hydrogen-bond donors (Lipinski definition) is 1. The van der Waals surface area contributed by atoms with E-state index in [9.17, 15) is 24.3 Å². The van der Waals surface area contributed by atoms with Gasteiger partial charge in [-0.15, -0.1) is 0 Å². The van der Waals surface area contributed by atoms with Gasteiger partial charge in [0.25, 0.3) is 23.6 Å². The van der Waals surface area contributed by atoms with Crippen molar-refractivity contribution in [2.24, 2.45) is 0 Å². The van der Waals surface area contributed by atoms with Crippen molar-refractivity contribution >= 4 is 84.4 Å². The van der Waals surface area contributed by atoms with E-state index in [0.29, 0.717) is 5.69 Å². The summed E-state index contributed by atoms with van der Waals surface area (Å²) in [6.45, 7) is 0. The molecule has 0 aromatic heterocycles. The summed E-state index contributed by atoms with van der Waals surface area (Å²) in [7, 11) is 0. The Bertz CT molecular complexity index is 2830. The molecule has 256 valence electrons. The number of aromatic hydroxyl groups is 1. The number of hydrogen-bond acceptors (Lipinski definition) is 6. The molecule has 0 bridgehead atoms. The molecule has 0 saturated heterocycles. The Kier molecular flexibility index (Phi) is 6.77. The van der Waals surface area contributed by atoms with Gasteiger partial charge in [-0.25, -0.2) is 9.80 Å². The van der Waals surface area contributed by atoms with Crippen molar-refractivity contribution in [1.82, 2.24) is 0 Å². The van der Waals surface area contributed by atoms with E-state index in [2.05, 4.69) is 35.2 Å². The number of fused-ring (bicyclic) bond motifs is 2. The number of amides is 4. The van der Waals surface area contributed by atoms with Crippen LogP contribution in [-0.2, 0) is 0 Å². The molecule has 0 aliphatic carbocycles. The van der Waals surface area contributed by atoms with Crippen molar-refractivity contribution in [3.05, 3.63) is 180 Å². The number of carbonyl (C=O) groups excluding carboxylic acids is 4. The molecule has 0 spiro atoms. The highest BCUT2D eigenvalue weighted by Gasteiger charge is 2.41. The number of phenols is 1. The maximum Gasteiger partial charge on any atom is 0.265 e. The van der Waals surface area contributed by atoms with Crippen molar-refractivity contribution < 1.29 is 24.3 Å². The lowest BCUT2D eigenvalue weighted by Gasteiger charge is -2.33. The smallest absolute Gasteiger partial charge is 0.265 e. The minimum absolute atomic E-state index is 0.0955. The standard InChI is InChI=1S/C46H27N3O5/c50-33-17-9-16-32(26-33)49-45(53)38-22-20-36-40-37(21-23-39(41(38)40)46(49)54)44(52)48(43(36)51)31-15-8-14-30(25-31)47(29-12-2-1-3-13-29)42-34-18-6-4-10-27(34)24-28-11-5-7-19-35(28)42/h1-26,50H. The average molecular weight is 702 g/mol. The highest BCUT2D eigenvalue weighted by Crippen LogP contribution is 2.46. The van der Waals surface area contributed by atoms with E-state index in [1.54, 1.807) is 30.3 Å². The third-order valence-electron chi connectivity index (χ3n) is 10.3. The predicted octanol–water partition coefficient (Wildman–Crippen LogP) is 9.92. The molecule has 0 unspecified atom stereocenters. The normalized spacial score (nSPS) is 13.7. The topological polar surface area (TPSA) is 98.2 Å². The van der Waals surface area contributed by atoms with Crippen molar-refractivity contribution in [2.45, 2.75) is 0 Å². The molecule has 2 aliphatic heterocycles. The molecule has 0 atom stereocenters. The maximum atomic E-state index is 14.5. The maximum absolute atomic E-state index is 14.5. The lowest BCUT2D eigenvalue weighted by molar-refractivity contribution is 0.0873. The molecule has 0 fully saturated rings. The van der Waals surface area contributed by atoms with Gasteiger partial charge in [-0.1, -0.05) is 78.9 Å². The van der Waals surface area contributed by atoms with E-state index >= 15 is 0 Å². The van der Waals surface area contributed by atoms with Gasteiger partial charge in [-0.2, -0.15) is 0 Å². The molecule has 10 rings (SSSR count). The molecule has 2 heterocycles. The Morgan fingerprint density at radius 2 is 0.852 bits per heavy atom. The molecule has 2 aliphatic rings. The van der Waals surface area contributed by atoms with E-state index in [0.717, 1.165) is 43.5 Å². The zero-order valence-electron chi connectivity index (χ0n) is 28.4. The summed E-state index contributed by atoms with van der Waals surface area (Å²) in [5, 5.41) is 14.8. The fraction of sp³-hybridized carbons (Fsp3) is 0. The number of nitrogens with zero attached hydrogens (tertiary/aromatic N) is 3. The third kappa shape index (κ3) is 4.50. The third-order valence-corrected chi connectivity index (χ3v) is 10.3. The highest BCUT2D eigenvalue weighted by atomic mass is 16.3. The molecule has 0 radical (unpaired) electrons. The van der Waals surface area contributed by atoms with Crippen LogP contribution in [0.25, 0.3) is 32.3 Å². The summed E-state index contributed by atoms with van der Waals surface area (Å²) in [6.07, 6.45) is 0. The second-order valence-electron chi connectivity index (χ2n) is 13.3. The van der Waals surface area contributed by atoms with Gasteiger partial charge in [0.05, 0.1) is 17.1 Å². The number of imide groups is 2. The first-order valence-corrected chi connectivity index (χ1v) is 17.4. The lowest BCUT2D eigenvalue weighted by atomic mass is 9.85. The van der Waals surface area contributed by atoms with Crippen LogP contribution in [0.2, 0.25) is 0 Å². The highest BCUT2D eigenvalue weighted by molar-refractivity contribution is 6.42. The Morgan fingerprint density at radius 1 is 0.407 bits per heavy atom. The van der Waals surface area contributed by atoms with E-state index in [1.807, 2.05) is 72.8 Å². The van der Waals surface area contributed by atoms with Crippen LogP contribution in [0.5, 0.6) is 5.75 Å². The molecule has 4 amide bonds. The van der Waals surface area contributed by atoms with Crippen LogP contribution in [0.15, 0.2) is 158 Å². The van der Waals surface area contributed by atoms with E-state index in [-0.39, 0.29) is 44.5 Å². The fourth-order valence-electron chi connectivity index (χ4n) is 7.96. The number of para-hydroxylation sites is 1.